The lowest BCUT2D eigenvalue weighted by Crippen LogP contribution is -2.28. The molecule has 1 heterocycles. The van der Waals surface area contributed by atoms with E-state index in [1.807, 2.05) is 0 Å². The van der Waals surface area contributed by atoms with Gasteiger partial charge >= 0.3 is 12.1 Å². The molecule has 0 aliphatic heterocycles. The quantitative estimate of drug-likeness (QED) is 0.317. The van der Waals surface area contributed by atoms with Crippen LogP contribution in [0.3, 0.4) is 0 Å². The van der Waals surface area contributed by atoms with E-state index in [1.54, 1.807) is 38.1 Å². The first-order valence-corrected chi connectivity index (χ1v) is 10.5. The summed E-state index contributed by atoms with van der Waals surface area (Å²) >= 11 is 0. The van der Waals surface area contributed by atoms with E-state index in [-0.39, 0.29) is 30.8 Å². The van der Waals surface area contributed by atoms with Gasteiger partial charge in [0.1, 0.15) is 18.2 Å². The molecule has 0 saturated heterocycles. The Hall–Kier alpha value is -3.14. The van der Waals surface area contributed by atoms with E-state index in [4.69, 9.17) is 14.2 Å². The summed E-state index contributed by atoms with van der Waals surface area (Å²) in [5.74, 6) is -1.76. The number of hydrogen-bond donors (Lipinski definition) is 0. The van der Waals surface area contributed by atoms with Crippen molar-refractivity contribution in [3.8, 4) is 5.75 Å². The lowest BCUT2D eigenvalue weighted by Gasteiger charge is -2.16. The van der Waals surface area contributed by atoms with Crippen molar-refractivity contribution in [1.29, 1.82) is 0 Å². The van der Waals surface area contributed by atoms with Gasteiger partial charge in [-0.2, -0.15) is 13.2 Å². The van der Waals surface area contributed by atoms with Crippen molar-refractivity contribution in [2.45, 2.75) is 39.1 Å². The van der Waals surface area contributed by atoms with Crippen LogP contribution in [-0.4, -0.2) is 41.4 Å². The summed E-state index contributed by atoms with van der Waals surface area (Å²) < 4.78 is 70.6. The Kier molecular flexibility index (Phi) is 7.91. The zero-order valence-electron chi connectivity index (χ0n) is 18.2. The SMILES string of the molecule is CCOC(=O)C(Cc1ccc(OCCn2c(C(F)(F)F)nc3cc(F)ccc32)cc1)OCC. The van der Waals surface area contributed by atoms with Crippen molar-refractivity contribution in [3.05, 3.63) is 59.7 Å². The molecule has 1 aromatic heterocycles. The molecular weight excluding hydrogens is 444 g/mol. The topological polar surface area (TPSA) is 62.6 Å². The number of alkyl halides is 3. The minimum atomic E-state index is -4.69. The van der Waals surface area contributed by atoms with Crippen molar-refractivity contribution in [2.24, 2.45) is 0 Å². The molecule has 0 amide bonds. The van der Waals surface area contributed by atoms with Gasteiger partial charge in [-0.3, -0.25) is 0 Å². The molecule has 0 fully saturated rings. The number of fused-ring (bicyclic) bond motifs is 1. The van der Waals surface area contributed by atoms with Crippen LogP contribution in [0.1, 0.15) is 25.2 Å². The van der Waals surface area contributed by atoms with Gasteiger partial charge in [-0.05, 0) is 43.7 Å². The molecule has 0 saturated carbocycles. The molecule has 0 aliphatic rings. The Morgan fingerprint density at radius 1 is 1.09 bits per heavy atom. The third-order valence-electron chi connectivity index (χ3n) is 4.81. The zero-order chi connectivity index (χ0) is 24.0. The number of esters is 1. The molecule has 1 unspecified atom stereocenters. The van der Waals surface area contributed by atoms with E-state index < -0.39 is 29.9 Å². The smallest absolute Gasteiger partial charge is 0.449 e. The highest BCUT2D eigenvalue weighted by molar-refractivity contribution is 5.76. The number of benzene rings is 2. The van der Waals surface area contributed by atoms with Crippen LogP contribution in [0.5, 0.6) is 5.75 Å². The van der Waals surface area contributed by atoms with Crippen LogP contribution in [0.25, 0.3) is 11.0 Å². The number of ether oxygens (including phenoxy) is 3. The largest absolute Gasteiger partial charge is 0.492 e. The van der Waals surface area contributed by atoms with Gasteiger partial charge in [-0.1, -0.05) is 12.1 Å². The third kappa shape index (κ3) is 6.22. The average Bonchev–Trinajstić information content (AvgIpc) is 3.13. The molecule has 2 aromatic carbocycles. The van der Waals surface area contributed by atoms with Crippen molar-refractivity contribution >= 4 is 17.0 Å². The van der Waals surface area contributed by atoms with Gasteiger partial charge in [0, 0.05) is 19.1 Å². The molecule has 6 nitrogen and oxygen atoms in total. The lowest BCUT2D eigenvalue weighted by atomic mass is 10.1. The zero-order valence-corrected chi connectivity index (χ0v) is 18.2. The van der Waals surface area contributed by atoms with Gasteiger partial charge in [-0.15, -0.1) is 0 Å². The second-order valence-corrected chi connectivity index (χ2v) is 7.11. The van der Waals surface area contributed by atoms with Gasteiger partial charge in [0.25, 0.3) is 0 Å². The number of carbonyl (C=O) groups is 1. The van der Waals surface area contributed by atoms with Crippen LogP contribution >= 0.6 is 0 Å². The summed E-state index contributed by atoms with van der Waals surface area (Å²) in [5.41, 5.74) is 0.913. The highest BCUT2D eigenvalue weighted by atomic mass is 19.4. The molecule has 1 atom stereocenters. The summed E-state index contributed by atoms with van der Waals surface area (Å²) in [6.07, 6.45) is -5.09. The number of carbonyl (C=O) groups excluding carboxylic acids is 1. The van der Waals surface area contributed by atoms with Crippen molar-refractivity contribution < 1.29 is 36.6 Å². The van der Waals surface area contributed by atoms with Crippen LogP contribution < -0.4 is 4.74 Å². The summed E-state index contributed by atoms with van der Waals surface area (Å²) in [6.45, 7) is 3.93. The van der Waals surface area contributed by atoms with Gasteiger partial charge in [0.2, 0.25) is 5.82 Å². The Morgan fingerprint density at radius 2 is 1.82 bits per heavy atom. The molecule has 0 aliphatic carbocycles. The molecule has 10 heteroatoms. The maximum atomic E-state index is 13.4. The van der Waals surface area contributed by atoms with E-state index >= 15 is 0 Å². The predicted molar refractivity (Wildman–Crippen MR) is 112 cm³/mol. The molecule has 0 bridgehead atoms. The maximum Gasteiger partial charge on any atom is 0.449 e. The van der Waals surface area contributed by atoms with Crippen molar-refractivity contribution in [3.63, 3.8) is 0 Å². The Bertz CT molecular complexity index is 1080. The van der Waals surface area contributed by atoms with Crippen LogP contribution in [0.2, 0.25) is 0 Å². The van der Waals surface area contributed by atoms with E-state index in [2.05, 4.69) is 4.98 Å². The highest BCUT2D eigenvalue weighted by Crippen LogP contribution is 2.31. The second kappa shape index (κ2) is 10.7. The summed E-state index contributed by atoms with van der Waals surface area (Å²) in [5, 5.41) is 0. The summed E-state index contributed by atoms with van der Waals surface area (Å²) in [6, 6.07) is 10.1. The van der Waals surface area contributed by atoms with Gasteiger partial charge in [-0.25, -0.2) is 14.2 Å². The molecule has 178 valence electrons. The first-order valence-electron chi connectivity index (χ1n) is 10.5. The first kappa shape index (κ1) is 24.5. The molecule has 0 radical (unpaired) electrons. The number of halogens is 4. The van der Waals surface area contributed by atoms with E-state index in [0.717, 1.165) is 22.3 Å². The van der Waals surface area contributed by atoms with Gasteiger partial charge in [0.15, 0.2) is 6.10 Å². The van der Waals surface area contributed by atoms with Gasteiger partial charge < -0.3 is 18.8 Å². The number of rotatable bonds is 10. The molecular formula is C23H24F4N2O4. The Labute approximate surface area is 188 Å². The van der Waals surface area contributed by atoms with E-state index in [1.165, 1.54) is 6.07 Å². The van der Waals surface area contributed by atoms with E-state index in [9.17, 15) is 22.4 Å². The molecule has 3 aromatic rings. The minimum absolute atomic E-state index is 0.0599. The van der Waals surface area contributed by atoms with Gasteiger partial charge in [0.05, 0.1) is 24.2 Å². The first-order chi connectivity index (χ1) is 15.7. The fourth-order valence-electron chi connectivity index (χ4n) is 3.38. The minimum Gasteiger partial charge on any atom is -0.492 e. The summed E-state index contributed by atoms with van der Waals surface area (Å²) in [4.78, 5) is 15.5. The Morgan fingerprint density at radius 3 is 2.45 bits per heavy atom. The van der Waals surface area contributed by atoms with E-state index in [0.29, 0.717) is 18.8 Å². The number of nitrogens with zero attached hydrogens (tertiary/aromatic N) is 2. The molecule has 3 rings (SSSR count). The predicted octanol–water partition coefficient (Wildman–Crippen LogP) is 4.78. The summed E-state index contributed by atoms with van der Waals surface area (Å²) in [7, 11) is 0. The maximum absolute atomic E-state index is 13.4. The molecule has 0 spiro atoms. The third-order valence-corrected chi connectivity index (χ3v) is 4.81. The highest BCUT2D eigenvalue weighted by Gasteiger charge is 2.37. The van der Waals surface area contributed by atoms with Crippen LogP contribution in [0.4, 0.5) is 17.6 Å². The fraction of sp³-hybridized carbons (Fsp3) is 0.391. The normalized spacial score (nSPS) is 12.7. The number of hydrogen-bond acceptors (Lipinski definition) is 5. The Balaban J connectivity index is 1.66. The standard InChI is InChI=1S/C23H24F4N2O4/c1-3-31-20(21(30)32-4-2)13-15-5-8-17(9-6-15)33-12-11-29-19-10-7-16(24)14-18(19)28-22(29)23(25,26)27/h5-10,14,20H,3-4,11-13H2,1-2H3. The lowest BCUT2D eigenvalue weighted by molar-refractivity contribution is -0.156. The van der Waals surface area contributed by atoms with Crippen LogP contribution in [0, 0.1) is 5.82 Å². The number of aromatic nitrogens is 2. The van der Waals surface area contributed by atoms with Crippen molar-refractivity contribution in [1.82, 2.24) is 9.55 Å². The average molecular weight is 468 g/mol. The number of imidazole rings is 1. The monoisotopic (exact) mass is 468 g/mol. The molecule has 0 N–H and O–H groups in total. The fourth-order valence-corrected chi connectivity index (χ4v) is 3.38. The van der Waals surface area contributed by atoms with Crippen LogP contribution in [0.15, 0.2) is 42.5 Å². The van der Waals surface area contributed by atoms with Crippen molar-refractivity contribution in [2.75, 3.05) is 19.8 Å². The molecule has 33 heavy (non-hydrogen) atoms. The second-order valence-electron chi connectivity index (χ2n) is 7.11. The van der Waals surface area contributed by atoms with Crippen LogP contribution in [-0.2, 0) is 33.4 Å².